The first kappa shape index (κ1) is 26.0. The molecule has 31 heavy (non-hydrogen) atoms. The van der Waals surface area contributed by atoms with Crippen LogP contribution < -0.4 is 5.46 Å². The summed E-state index contributed by atoms with van der Waals surface area (Å²) in [4.78, 5) is 4.49. The maximum Gasteiger partial charge on any atom is 0.332 e. The van der Waals surface area contributed by atoms with Crippen LogP contribution in [-0.2, 0) is 19.7 Å². The molecule has 1 radical (unpaired) electrons. The normalized spacial score (nSPS) is 21.6. The lowest BCUT2D eigenvalue weighted by atomic mass is 9.78. The van der Waals surface area contributed by atoms with Crippen LogP contribution in [0.4, 0.5) is 0 Å². The lowest BCUT2D eigenvalue weighted by Gasteiger charge is -2.41. The topological polar surface area (TPSA) is 81.0 Å². The Morgan fingerprint density at radius 2 is 1.81 bits per heavy atom. The highest BCUT2D eigenvalue weighted by Crippen LogP contribution is 2.44. The Morgan fingerprint density at radius 1 is 1.23 bits per heavy atom. The quantitative estimate of drug-likeness (QED) is 0.504. The number of pyridine rings is 1. The van der Waals surface area contributed by atoms with E-state index in [1.54, 1.807) is 33.6 Å². The van der Waals surface area contributed by atoms with Crippen molar-refractivity contribution in [3.63, 3.8) is 0 Å². The zero-order chi connectivity index (χ0) is 23.2. The second-order valence-electron chi connectivity index (χ2n) is 9.30. The van der Waals surface area contributed by atoms with Crippen LogP contribution in [0.15, 0.2) is 31.0 Å². The molecule has 1 aromatic heterocycles. The molecule has 1 aromatic rings. The molecule has 1 atom stereocenters. The fourth-order valence-corrected chi connectivity index (χ4v) is 4.02. The lowest BCUT2D eigenvalue weighted by molar-refractivity contribution is -0.204. The van der Waals surface area contributed by atoms with E-state index in [1.807, 2.05) is 26.0 Å². The van der Waals surface area contributed by atoms with Crippen molar-refractivity contribution in [1.82, 2.24) is 4.98 Å². The molecule has 2 heterocycles. The van der Waals surface area contributed by atoms with Gasteiger partial charge in [0.05, 0.1) is 30.1 Å². The largest absolute Gasteiger partial charge is 0.426 e. The molecule has 1 aliphatic carbocycles. The van der Waals surface area contributed by atoms with Crippen molar-refractivity contribution in [2.24, 2.45) is 0 Å². The van der Waals surface area contributed by atoms with E-state index in [4.69, 9.17) is 14.1 Å². The molecule has 1 spiro atoms. The summed E-state index contributed by atoms with van der Waals surface area (Å²) in [6.07, 6.45) is 7.57. The zero-order valence-electron chi connectivity index (χ0n) is 19.8. The first-order valence-corrected chi connectivity index (χ1v) is 11.3. The Labute approximate surface area is 189 Å². The number of ether oxygens (including phenoxy) is 2. The summed E-state index contributed by atoms with van der Waals surface area (Å²) in [5.74, 6) is -0.505. The van der Waals surface area contributed by atoms with Gasteiger partial charge in [0.25, 0.3) is 0 Å². The van der Waals surface area contributed by atoms with Crippen LogP contribution in [-0.4, -0.2) is 52.9 Å². The zero-order valence-corrected chi connectivity index (χ0v) is 19.8. The third-order valence-corrected chi connectivity index (χ3v) is 6.39. The van der Waals surface area contributed by atoms with E-state index in [-0.39, 0.29) is 1.43 Å². The fraction of sp³-hybridized carbons (Fsp3) is 0.708. The molecule has 1 unspecified atom stereocenters. The van der Waals surface area contributed by atoms with Crippen LogP contribution in [0.1, 0.15) is 80.3 Å². The highest BCUT2D eigenvalue weighted by atomic mass is 16.7. The number of rotatable bonds is 7. The fourth-order valence-electron chi connectivity index (χ4n) is 4.02. The van der Waals surface area contributed by atoms with Crippen LogP contribution in [0.2, 0.25) is 0 Å². The van der Waals surface area contributed by atoms with E-state index in [9.17, 15) is 10.2 Å². The third-order valence-electron chi connectivity index (χ3n) is 6.39. The number of aliphatic hydroxyl groups is 2. The molecule has 0 bridgehead atoms. The molecule has 2 fully saturated rings. The molecule has 3 rings (SSSR count). The highest BCUT2D eigenvalue weighted by Gasteiger charge is 2.46. The Hall–Kier alpha value is -1.25. The predicted molar refractivity (Wildman–Crippen MR) is 125 cm³/mol. The van der Waals surface area contributed by atoms with Gasteiger partial charge < -0.3 is 24.3 Å². The molecule has 2 aliphatic rings. The minimum Gasteiger partial charge on any atom is -0.426 e. The monoisotopic (exact) mass is 434 g/mol. The molecule has 2 N–H and O–H groups in total. The van der Waals surface area contributed by atoms with E-state index in [0.717, 1.165) is 18.3 Å². The van der Waals surface area contributed by atoms with Crippen molar-refractivity contribution in [3.05, 3.63) is 36.7 Å². The van der Waals surface area contributed by atoms with Crippen LogP contribution >= 0.6 is 0 Å². The first-order valence-electron chi connectivity index (χ1n) is 11.3. The average molecular weight is 434 g/mol. The standard InChI is InChI=1S/C21H33BNO5.C3H6.H2/c1-5-8-19(4,18(2,3)24)28-22-16-6-7-17(23-15-16)20(25)9-11-21(12-10-20)26-13-14-27-21;1-3-2;/h6-7,15,24-25H,5,8-14H2,1-4H3;3H,1H2,2H3;1H. The van der Waals surface area contributed by atoms with Gasteiger partial charge in [-0.2, -0.15) is 0 Å². The van der Waals surface area contributed by atoms with E-state index in [2.05, 4.69) is 18.5 Å². The van der Waals surface area contributed by atoms with Gasteiger partial charge in [-0.1, -0.05) is 25.5 Å². The second kappa shape index (κ2) is 10.6. The minimum absolute atomic E-state index is 0. The van der Waals surface area contributed by atoms with Crippen molar-refractivity contribution in [2.75, 3.05) is 13.2 Å². The van der Waals surface area contributed by atoms with E-state index < -0.39 is 22.6 Å². The average Bonchev–Trinajstić information content (AvgIpc) is 3.18. The summed E-state index contributed by atoms with van der Waals surface area (Å²) in [6.45, 7) is 14.0. The second-order valence-corrected chi connectivity index (χ2v) is 9.30. The molecule has 1 saturated heterocycles. The van der Waals surface area contributed by atoms with Crippen LogP contribution in [0.5, 0.6) is 0 Å². The molecule has 6 nitrogen and oxygen atoms in total. The van der Waals surface area contributed by atoms with Crippen molar-refractivity contribution < 1.29 is 25.8 Å². The van der Waals surface area contributed by atoms with Crippen LogP contribution in [0.3, 0.4) is 0 Å². The van der Waals surface area contributed by atoms with Gasteiger partial charge in [-0.3, -0.25) is 4.98 Å². The number of allylic oxidation sites excluding steroid dienone is 1. The molecule has 1 saturated carbocycles. The number of hydrogen-bond donors (Lipinski definition) is 2. The Balaban J connectivity index is 0.00000121. The lowest BCUT2D eigenvalue weighted by Crippen LogP contribution is -2.51. The van der Waals surface area contributed by atoms with Gasteiger partial charge in [0.1, 0.15) is 5.60 Å². The number of hydrogen-bond acceptors (Lipinski definition) is 6. The molecular formula is C24H41BNO5. The Morgan fingerprint density at radius 3 is 2.26 bits per heavy atom. The summed E-state index contributed by atoms with van der Waals surface area (Å²) >= 11 is 0. The van der Waals surface area contributed by atoms with E-state index in [1.165, 1.54) is 0 Å². The minimum atomic E-state index is -0.968. The summed E-state index contributed by atoms with van der Waals surface area (Å²) in [5.41, 5.74) is -1.14. The van der Waals surface area contributed by atoms with Crippen molar-refractivity contribution in [3.8, 4) is 0 Å². The van der Waals surface area contributed by atoms with E-state index in [0.29, 0.717) is 44.6 Å². The molecule has 175 valence electrons. The smallest absolute Gasteiger partial charge is 0.332 e. The number of aromatic nitrogens is 1. The van der Waals surface area contributed by atoms with Gasteiger partial charge >= 0.3 is 7.48 Å². The van der Waals surface area contributed by atoms with Crippen LogP contribution in [0, 0.1) is 0 Å². The van der Waals surface area contributed by atoms with Gasteiger partial charge in [-0.05, 0) is 58.5 Å². The van der Waals surface area contributed by atoms with E-state index >= 15 is 0 Å². The third kappa shape index (κ3) is 6.39. The highest BCUT2D eigenvalue weighted by molar-refractivity contribution is 6.46. The van der Waals surface area contributed by atoms with Crippen LogP contribution in [0.25, 0.3) is 0 Å². The maximum absolute atomic E-state index is 11.1. The summed E-state index contributed by atoms with van der Waals surface area (Å²) < 4.78 is 17.5. The molecule has 0 amide bonds. The SMILES string of the molecule is C=CC.CCCC(C)(O[B]c1ccc(C2(O)CCC3(CC2)OCCO3)nc1)C(C)(C)O.[HH]. The Kier molecular flexibility index (Phi) is 8.88. The molecular weight excluding hydrogens is 393 g/mol. The summed E-state index contributed by atoms with van der Waals surface area (Å²) in [7, 11) is 1.64. The molecule has 1 aliphatic heterocycles. The van der Waals surface area contributed by atoms with Gasteiger partial charge in [-0.15, -0.1) is 6.58 Å². The Bertz CT molecular complexity index is 693. The van der Waals surface area contributed by atoms with Gasteiger partial charge in [0.15, 0.2) is 5.79 Å². The van der Waals surface area contributed by atoms with Crippen molar-refractivity contribution in [2.45, 2.75) is 95.7 Å². The number of nitrogens with zero attached hydrogens (tertiary/aromatic N) is 1. The maximum atomic E-state index is 11.1. The van der Waals surface area contributed by atoms with Gasteiger partial charge in [0, 0.05) is 20.5 Å². The van der Waals surface area contributed by atoms with Gasteiger partial charge in [-0.25, -0.2) is 0 Å². The molecule has 7 heteroatoms. The van der Waals surface area contributed by atoms with Crippen molar-refractivity contribution in [1.29, 1.82) is 0 Å². The molecule has 0 aromatic carbocycles. The summed E-state index contributed by atoms with van der Waals surface area (Å²) in [5, 5.41) is 21.5. The predicted octanol–water partition coefficient (Wildman–Crippen LogP) is 3.62. The summed E-state index contributed by atoms with van der Waals surface area (Å²) in [6, 6.07) is 3.74. The van der Waals surface area contributed by atoms with Gasteiger partial charge in [0.2, 0.25) is 0 Å². The van der Waals surface area contributed by atoms with Crippen molar-refractivity contribution >= 4 is 12.9 Å². The first-order chi connectivity index (χ1) is 14.5.